The van der Waals surface area contributed by atoms with Crippen molar-refractivity contribution in [2.75, 3.05) is 6.54 Å². The number of halogens is 1. The van der Waals surface area contributed by atoms with Gasteiger partial charge in [-0.3, -0.25) is 9.59 Å². The summed E-state index contributed by atoms with van der Waals surface area (Å²) in [6.07, 6.45) is 3.33. The van der Waals surface area contributed by atoms with Gasteiger partial charge in [-0.25, -0.2) is 9.97 Å². The number of thiophene rings is 1. The first kappa shape index (κ1) is 17.3. The Hall–Kier alpha value is -2.03. The molecule has 9 heteroatoms. The van der Waals surface area contributed by atoms with Crippen molar-refractivity contribution in [3.8, 4) is 10.7 Å². The topological polar surface area (TPSA) is 104 Å². The highest BCUT2D eigenvalue weighted by Gasteiger charge is 2.30. The Morgan fingerprint density at radius 2 is 2.09 bits per heavy atom. The minimum atomic E-state index is -0.902. The molecule has 0 radical (unpaired) electrons. The number of carboxylic acid groups (broad SMARTS) is 1. The van der Waals surface area contributed by atoms with E-state index in [2.05, 4.69) is 20.6 Å². The Morgan fingerprint density at radius 3 is 2.65 bits per heavy atom. The molecular weight excluding hydrogens is 340 g/mol. The van der Waals surface area contributed by atoms with Crippen LogP contribution in [-0.2, 0) is 4.79 Å². The average Bonchev–Trinajstić information content (AvgIpc) is 3.19. The fourth-order valence-electron chi connectivity index (χ4n) is 2.28. The fraction of sp³-hybridized carbons (Fsp3) is 0.286. The SMILES string of the molecule is Cl.O=C(N[C@@H]1CN[C@H](C(=O)O)C1)c1cnc(-c2cccs2)nc1. The van der Waals surface area contributed by atoms with E-state index in [0.717, 1.165) is 4.88 Å². The van der Waals surface area contributed by atoms with Gasteiger partial charge in [0.25, 0.3) is 5.91 Å². The zero-order chi connectivity index (χ0) is 15.5. The van der Waals surface area contributed by atoms with Crippen LogP contribution in [0.4, 0.5) is 0 Å². The first-order valence-electron chi connectivity index (χ1n) is 6.76. The van der Waals surface area contributed by atoms with E-state index in [1.807, 2.05) is 17.5 Å². The van der Waals surface area contributed by atoms with Crippen LogP contribution < -0.4 is 10.6 Å². The van der Waals surface area contributed by atoms with Crippen LogP contribution in [0.3, 0.4) is 0 Å². The molecule has 3 N–H and O–H groups in total. The number of carbonyl (C=O) groups excluding carboxylic acids is 1. The first-order valence-corrected chi connectivity index (χ1v) is 7.64. The van der Waals surface area contributed by atoms with Crippen LogP contribution in [0, 0.1) is 0 Å². The van der Waals surface area contributed by atoms with E-state index in [4.69, 9.17) is 5.11 Å². The summed E-state index contributed by atoms with van der Waals surface area (Å²) < 4.78 is 0. The van der Waals surface area contributed by atoms with Gasteiger partial charge in [-0.1, -0.05) is 6.07 Å². The smallest absolute Gasteiger partial charge is 0.320 e. The molecule has 0 spiro atoms. The molecule has 0 bridgehead atoms. The maximum absolute atomic E-state index is 12.1. The van der Waals surface area contributed by atoms with Gasteiger partial charge in [0, 0.05) is 25.0 Å². The van der Waals surface area contributed by atoms with Crippen molar-refractivity contribution in [2.24, 2.45) is 0 Å². The van der Waals surface area contributed by atoms with Crippen molar-refractivity contribution < 1.29 is 14.7 Å². The Balaban J connectivity index is 0.00000192. The van der Waals surface area contributed by atoms with E-state index >= 15 is 0 Å². The molecule has 0 aliphatic carbocycles. The van der Waals surface area contributed by atoms with Crippen LogP contribution in [0.2, 0.25) is 0 Å². The number of carbonyl (C=O) groups is 2. The normalized spacial score (nSPS) is 19.8. The van der Waals surface area contributed by atoms with Crippen LogP contribution in [0.1, 0.15) is 16.8 Å². The van der Waals surface area contributed by atoms with Crippen molar-refractivity contribution in [1.82, 2.24) is 20.6 Å². The molecule has 3 heterocycles. The van der Waals surface area contributed by atoms with E-state index in [1.54, 1.807) is 0 Å². The van der Waals surface area contributed by atoms with E-state index in [9.17, 15) is 9.59 Å². The van der Waals surface area contributed by atoms with Gasteiger partial charge in [-0.05, 0) is 17.9 Å². The zero-order valence-corrected chi connectivity index (χ0v) is 13.6. The summed E-state index contributed by atoms with van der Waals surface area (Å²) >= 11 is 1.53. The molecule has 122 valence electrons. The lowest BCUT2D eigenvalue weighted by Gasteiger charge is -2.11. The number of carboxylic acids is 1. The van der Waals surface area contributed by atoms with E-state index < -0.39 is 12.0 Å². The number of nitrogens with zero attached hydrogens (tertiary/aromatic N) is 2. The second-order valence-electron chi connectivity index (χ2n) is 4.98. The summed E-state index contributed by atoms with van der Waals surface area (Å²) in [4.78, 5) is 32.3. The van der Waals surface area contributed by atoms with Crippen LogP contribution in [0.15, 0.2) is 29.9 Å². The Bertz CT molecular complexity index is 678. The zero-order valence-electron chi connectivity index (χ0n) is 11.9. The van der Waals surface area contributed by atoms with Crippen molar-refractivity contribution in [3.05, 3.63) is 35.5 Å². The van der Waals surface area contributed by atoms with E-state index in [0.29, 0.717) is 24.4 Å². The highest BCUT2D eigenvalue weighted by atomic mass is 35.5. The number of aromatic nitrogens is 2. The quantitative estimate of drug-likeness (QED) is 0.761. The molecule has 1 aliphatic heterocycles. The molecular formula is C14H15ClN4O3S. The minimum Gasteiger partial charge on any atom is -0.480 e. The van der Waals surface area contributed by atoms with Crippen molar-refractivity contribution in [2.45, 2.75) is 18.5 Å². The molecule has 23 heavy (non-hydrogen) atoms. The molecule has 0 saturated carbocycles. The molecule has 1 aliphatic rings. The summed E-state index contributed by atoms with van der Waals surface area (Å²) in [5, 5.41) is 16.5. The summed E-state index contributed by atoms with van der Waals surface area (Å²) in [7, 11) is 0. The molecule has 1 fully saturated rings. The maximum atomic E-state index is 12.1. The third kappa shape index (κ3) is 4.04. The van der Waals surface area contributed by atoms with Gasteiger partial charge < -0.3 is 15.7 Å². The number of amides is 1. The second-order valence-corrected chi connectivity index (χ2v) is 5.93. The molecule has 2 aromatic rings. The van der Waals surface area contributed by atoms with Crippen LogP contribution >= 0.6 is 23.7 Å². The summed E-state index contributed by atoms with van der Waals surface area (Å²) in [6, 6.07) is 3.01. The van der Waals surface area contributed by atoms with Crippen molar-refractivity contribution in [3.63, 3.8) is 0 Å². The summed E-state index contributed by atoms with van der Waals surface area (Å²) in [5.41, 5.74) is 0.360. The lowest BCUT2D eigenvalue weighted by atomic mass is 10.1. The van der Waals surface area contributed by atoms with Crippen LogP contribution in [0.5, 0.6) is 0 Å². The predicted molar refractivity (Wildman–Crippen MR) is 87.9 cm³/mol. The fourth-order valence-corrected chi connectivity index (χ4v) is 2.95. The molecule has 0 unspecified atom stereocenters. The van der Waals surface area contributed by atoms with Gasteiger partial charge in [-0.2, -0.15) is 0 Å². The molecule has 1 amide bonds. The molecule has 7 nitrogen and oxygen atoms in total. The van der Waals surface area contributed by atoms with E-state index in [-0.39, 0.29) is 24.4 Å². The molecule has 1 saturated heterocycles. The number of hydrogen-bond acceptors (Lipinski definition) is 6. The van der Waals surface area contributed by atoms with Gasteiger partial charge in [0.1, 0.15) is 6.04 Å². The van der Waals surface area contributed by atoms with Gasteiger partial charge in [0.2, 0.25) is 0 Å². The lowest BCUT2D eigenvalue weighted by molar-refractivity contribution is -0.139. The van der Waals surface area contributed by atoms with Crippen molar-refractivity contribution >= 4 is 35.6 Å². The molecule has 2 atom stereocenters. The third-order valence-electron chi connectivity index (χ3n) is 3.42. The Labute approximate surface area is 142 Å². The highest BCUT2D eigenvalue weighted by molar-refractivity contribution is 7.13. The standard InChI is InChI=1S/C14H14N4O3S.ClH/c19-13(18-9-4-10(14(20)21)15-7-9)8-5-16-12(17-6-8)11-2-1-3-22-11;/h1-3,5-6,9-10,15H,4,7H2,(H,18,19)(H,20,21);1H/t9-,10-;/m0./s1. The van der Waals surface area contributed by atoms with E-state index in [1.165, 1.54) is 23.7 Å². The molecule has 3 rings (SSSR count). The van der Waals surface area contributed by atoms with Crippen LogP contribution in [0.25, 0.3) is 10.7 Å². The first-order chi connectivity index (χ1) is 10.6. The third-order valence-corrected chi connectivity index (χ3v) is 4.29. The van der Waals surface area contributed by atoms with Gasteiger partial charge >= 0.3 is 5.97 Å². The summed E-state index contributed by atoms with van der Waals surface area (Å²) in [6.45, 7) is 0.441. The number of hydrogen-bond donors (Lipinski definition) is 3. The summed E-state index contributed by atoms with van der Waals surface area (Å²) in [5.74, 6) is -0.615. The van der Waals surface area contributed by atoms with Gasteiger partial charge in [0.15, 0.2) is 5.82 Å². The highest BCUT2D eigenvalue weighted by Crippen LogP contribution is 2.20. The molecule has 0 aromatic carbocycles. The minimum absolute atomic E-state index is 0. The lowest BCUT2D eigenvalue weighted by Crippen LogP contribution is -2.36. The Kier molecular flexibility index (Phi) is 5.64. The monoisotopic (exact) mass is 354 g/mol. The maximum Gasteiger partial charge on any atom is 0.320 e. The number of rotatable bonds is 4. The van der Waals surface area contributed by atoms with Gasteiger partial charge in [0.05, 0.1) is 10.4 Å². The largest absolute Gasteiger partial charge is 0.480 e. The number of aliphatic carboxylic acids is 1. The second kappa shape index (κ2) is 7.49. The Morgan fingerprint density at radius 1 is 1.35 bits per heavy atom. The predicted octanol–water partition coefficient (Wildman–Crippen LogP) is 1.17. The average molecular weight is 355 g/mol. The number of nitrogens with one attached hydrogen (secondary N) is 2. The molecule has 2 aromatic heterocycles. The van der Waals surface area contributed by atoms with Gasteiger partial charge in [-0.15, -0.1) is 23.7 Å². The van der Waals surface area contributed by atoms with Crippen LogP contribution in [-0.4, -0.2) is 45.6 Å². The van der Waals surface area contributed by atoms with Crippen molar-refractivity contribution in [1.29, 1.82) is 0 Å².